The average molecular weight is 509 g/mol. The van der Waals surface area contributed by atoms with E-state index in [-0.39, 0.29) is 11.6 Å². The topological polar surface area (TPSA) is 88.9 Å². The first-order valence-corrected chi connectivity index (χ1v) is 12.9. The molecule has 0 spiro atoms. The van der Waals surface area contributed by atoms with Crippen LogP contribution in [0.4, 0.5) is 0 Å². The van der Waals surface area contributed by atoms with Crippen molar-refractivity contribution in [3.63, 3.8) is 0 Å². The Morgan fingerprint density at radius 1 is 0.974 bits per heavy atom. The molecule has 0 unspecified atom stereocenters. The maximum Gasteiger partial charge on any atom is 0.252 e. The monoisotopic (exact) mass is 508 g/mol. The average Bonchev–Trinajstić information content (AvgIpc) is 3.40. The van der Waals surface area contributed by atoms with Gasteiger partial charge in [0.05, 0.1) is 19.7 Å². The molecule has 0 aliphatic carbocycles. The SMILES string of the molecule is CC[C@@H](c1nnnn1Cc1ccccc1)N(CCc1ccccc1)Cc1cc2cc(OC)ccc2[nH]c1=O. The fourth-order valence-electron chi connectivity index (χ4n) is 4.88. The molecule has 2 aromatic heterocycles. The van der Waals surface area contributed by atoms with E-state index in [1.165, 1.54) is 5.56 Å². The van der Waals surface area contributed by atoms with Crippen molar-refractivity contribution in [2.24, 2.45) is 0 Å². The van der Waals surface area contributed by atoms with E-state index in [0.29, 0.717) is 18.7 Å². The first-order valence-electron chi connectivity index (χ1n) is 12.9. The predicted molar refractivity (Wildman–Crippen MR) is 148 cm³/mol. The van der Waals surface area contributed by atoms with Crippen LogP contribution in [-0.2, 0) is 19.5 Å². The quantitative estimate of drug-likeness (QED) is 0.277. The van der Waals surface area contributed by atoms with E-state index >= 15 is 0 Å². The molecule has 1 N–H and O–H groups in total. The zero-order chi connectivity index (χ0) is 26.3. The summed E-state index contributed by atoms with van der Waals surface area (Å²) >= 11 is 0. The molecule has 5 aromatic rings. The van der Waals surface area contributed by atoms with Crippen molar-refractivity contribution < 1.29 is 4.74 Å². The molecular formula is C30H32N6O2. The molecule has 0 aliphatic rings. The lowest BCUT2D eigenvalue weighted by Gasteiger charge is -2.30. The molecule has 38 heavy (non-hydrogen) atoms. The molecule has 0 saturated carbocycles. The number of nitrogens with one attached hydrogen (secondary N) is 1. The zero-order valence-electron chi connectivity index (χ0n) is 21.7. The number of tetrazole rings is 1. The van der Waals surface area contributed by atoms with Gasteiger partial charge in [0.2, 0.25) is 0 Å². The second kappa shape index (κ2) is 11.8. The number of rotatable bonds is 11. The number of aromatic amines is 1. The van der Waals surface area contributed by atoms with Gasteiger partial charge in [0.1, 0.15) is 5.75 Å². The molecule has 0 amide bonds. The van der Waals surface area contributed by atoms with Crippen LogP contribution < -0.4 is 10.3 Å². The third-order valence-corrected chi connectivity index (χ3v) is 6.89. The maximum absolute atomic E-state index is 13.1. The van der Waals surface area contributed by atoms with Crippen molar-refractivity contribution in [3.05, 3.63) is 118 Å². The number of fused-ring (bicyclic) bond motifs is 1. The predicted octanol–water partition coefficient (Wildman–Crippen LogP) is 4.77. The molecule has 0 bridgehead atoms. The first-order chi connectivity index (χ1) is 18.6. The highest BCUT2D eigenvalue weighted by atomic mass is 16.5. The number of hydrogen-bond donors (Lipinski definition) is 1. The van der Waals surface area contributed by atoms with Gasteiger partial charge in [-0.15, -0.1) is 5.10 Å². The zero-order valence-corrected chi connectivity index (χ0v) is 21.7. The highest BCUT2D eigenvalue weighted by Crippen LogP contribution is 2.26. The fraction of sp³-hybridized carbons (Fsp3) is 0.267. The lowest BCUT2D eigenvalue weighted by molar-refractivity contribution is 0.172. The summed E-state index contributed by atoms with van der Waals surface area (Å²) in [5.74, 6) is 1.55. The number of H-pyrrole nitrogens is 1. The fourth-order valence-corrected chi connectivity index (χ4v) is 4.88. The second-order valence-corrected chi connectivity index (χ2v) is 9.39. The van der Waals surface area contributed by atoms with Crippen LogP contribution in [-0.4, -0.2) is 43.7 Å². The Hall–Kier alpha value is -4.30. The minimum Gasteiger partial charge on any atom is -0.497 e. The van der Waals surface area contributed by atoms with Gasteiger partial charge in [-0.25, -0.2) is 4.68 Å². The molecule has 0 fully saturated rings. The van der Waals surface area contributed by atoms with Crippen LogP contribution in [0.15, 0.2) is 89.7 Å². The summed E-state index contributed by atoms with van der Waals surface area (Å²) in [7, 11) is 1.64. The molecule has 0 aliphatic heterocycles. The lowest BCUT2D eigenvalue weighted by atomic mass is 10.1. The van der Waals surface area contributed by atoms with Gasteiger partial charge in [-0.3, -0.25) is 9.69 Å². The molecule has 3 aromatic carbocycles. The molecule has 1 atom stereocenters. The summed E-state index contributed by atoms with van der Waals surface area (Å²) in [5.41, 5.74) is 3.76. The molecule has 0 saturated heterocycles. The third kappa shape index (κ3) is 5.81. The van der Waals surface area contributed by atoms with Gasteiger partial charge in [0.15, 0.2) is 5.82 Å². The van der Waals surface area contributed by atoms with Crippen LogP contribution in [0.2, 0.25) is 0 Å². The minimum absolute atomic E-state index is 0.0715. The highest BCUT2D eigenvalue weighted by molar-refractivity contribution is 5.80. The molecule has 8 heteroatoms. The van der Waals surface area contributed by atoms with E-state index < -0.39 is 0 Å². The Kier molecular flexibility index (Phi) is 7.89. The van der Waals surface area contributed by atoms with Gasteiger partial charge in [0.25, 0.3) is 5.56 Å². The summed E-state index contributed by atoms with van der Waals surface area (Å²) < 4.78 is 7.27. The summed E-state index contributed by atoms with van der Waals surface area (Å²) in [6.45, 7) is 3.93. The Morgan fingerprint density at radius 3 is 2.42 bits per heavy atom. The lowest BCUT2D eigenvalue weighted by Crippen LogP contribution is -2.34. The van der Waals surface area contributed by atoms with Crippen molar-refractivity contribution in [2.75, 3.05) is 13.7 Å². The number of methoxy groups -OCH3 is 1. The number of benzene rings is 3. The summed E-state index contributed by atoms with van der Waals surface area (Å²) in [6, 6.07) is 28.1. The normalized spacial score (nSPS) is 12.2. The van der Waals surface area contributed by atoms with E-state index in [1.54, 1.807) is 7.11 Å². The number of aromatic nitrogens is 5. The van der Waals surface area contributed by atoms with Crippen molar-refractivity contribution in [1.82, 2.24) is 30.1 Å². The Labute approximate surface area is 221 Å². The van der Waals surface area contributed by atoms with Crippen LogP contribution >= 0.6 is 0 Å². The second-order valence-electron chi connectivity index (χ2n) is 9.39. The number of nitrogens with zero attached hydrogens (tertiary/aromatic N) is 5. The largest absolute Gasteiger partial charge is 0.497 e. The Balaban J connectivity index is 1.48. The van der Waals surface area contributed by atoms with Crippen molar-refractivity contribution in [3.8, 4) is 5.75 Å². The number of hydrogen-bond acceptors (Lipinski definition) is 6. The van der Waals surface area contributed by atoms with E-state index in [9.17, 15) is 4.79 Å². The van der Waals surface area contributed by atoms with Crippen molar-refractivity contribution in [1.29, 1.82) is 0 Å². The summed E-state index contributed by atoms with van der Waals surface area (Å²) in [4.78, 5) is 18.5. The van der Waals surface area contributed by atoms with Crippen LogP contribution in [0, 0.1) is 0 Å². The summed E-state index contributed by atoms with van der Waals surface area (Å²) in [5, 5.41) is 13.7. The van der Waals surface area contributed by atoms with E-state index in [2.05, 4.69) is 68.7 Å². The highest BCUT2D eigenvalue weighted by Gasteiger charge is 2.26. The van der Waals surface area contributed by atoms with Gasteiger partial charge < -0.3 is 9.72 Å². The minimum atomic E-state index is -0.0916. The van der Waals surface area contributed by atoms with Crippen LogP contribution in [0.25, 0.3) is 10.9 Å². The van der Waals surface area contributed by atoms with Crippen LogP contribution in [0.5, 0.6) is 5.75 Å². The first kappa shape index (κ1) is 25.4. The van der Waals surface area contributed by atoms with E-state index in [0.717, 1.165) is 47.4 Å². The van der Waals surface area contributed by atoms with E-state index in [1.807, 2.05) is 53.2 Å². The van der Waals surface area contributed by atoms with Gasteiger partial charge in [-0.1, -0.05) is 67.6 Å². The van der Waals surface area contributed by atoms with Crippen LogP contribution in [0.3, 0.4) is 0 Å². The van der Waals surface area contributed by atoms with Crippen molar-refractivity contribution in [2.45, 2.75) is 38.9 Å². The van der Waals surface area contributed by atoms with Gasteiger partial charge in [-0.05, 0) is 58.7 Å². The summed E-state index contributed by atoms with van der Waals surface area (Å²) in [6.07, 6.45) is 1.64. The molecule has 5 rings (SSSR count). The number of ether oxygens (including phenoxy) is 1. The molecule has 8 nitrogen and oxygen atoms in total. The van der Waals surface area contributed by atoms with Crippen molar-refractivity contribution >= 4 is 10.9 Å². The molecular weight excluding hydrogens is 476 g/mol. The van der Waals surface area contributed by atoms with Crippen LogP contribution in [0.1, 0.15) is 41.9 Å². The third-order valence-electron chi connectivity index (χ3n) is 6.89. The number of pyridine rings is 1. The molecule has 194 valence electrons. The van der Waals surface area contributed by atoms with E-state index in [4.69, 9.17) is 4.74 Å². The Morgan fingerprint density at radius 2 is 1.71 bits per heavy atom. The standard InChI is InChI=1S/C30H32N6O2/c1-3-28(29-32-33-34-36(29)20-23-12-8-5-9-13-23)35(17-16-22-10-6-4-7-11-22)21-25-18-24-19-26(38-2)14-15-27(24)31-30(25)37/h4-15,18-19,28H,3,16-17,20-21H2,1-2H3,(H,31,37)/t28-/m0/s1. The Bertz CT molecular complexity index is 1530. The van der Waals surface area contributed by atoms with Gasteiger partial charge in [0, 0.05) is 29.6 Å². The molecule has 2 heterocycles. The molecule has 0 radical (unpaired) electrons. The maximum atomic E-state index is 13.1. The van der Waals surface area contributed by atoms with Gasteiger partial charge >= 0.3 is 0 Å². The van der Waals surface area contributed by atoms with Gasteiger partial charge in [-0.2, -0.15) is 0 Å². The smallest absolute Gasteiger partial charge is 0.252 e.